The summed E-state index contributed by atoms with van der Waals surface area (Å²) in [6.07, 6.45) is 21.8. The van der Waals surface area contributed by atoms with Gasteiger partial charge >= 0.3 is 5.97 Å². The molecular formula is C38H51N5O6S. The van der Waals surface area contributed by atoms with Crippen LogP contribution in [0, 0.1) is 0 Å². The lowest BCUT2D eigenvalue weighted by Crippen LogP contribution is -2.47. The van der Waals surface area contributed by atoms with Gasteiger partial charge in [-0.2, -0.15) is 5.10 Å². The van der Waals surface area contributed by atoms with E-state index in [0.717, 1.165) is 40.9 Å². The van der Waals surface area contributed by atoms with E-state index in [9.17, 15) is 27.9 Å². The van der Waals surface area contributed by atoms with Crippen molar-refractivity contribution in [1.82, 2.24) is 14.1 Å². The number of carbonyl (C=O) groups is 3. The third-order valence-electron chi connectivity index (χ3n) is 9.09. The van der Waals surface area contributed by atoms with E-state index >= 15 is 0 Å². The van der Waals surface area contributed by atoms with Crippen molar-refractivity contribution in [2.45, 2.75) is 121 Å². The molecule has 2 aromatic carbocycles. The van der Waals surface area contributed by atoms with Crippen molar-refractivity contribution < 1.29 is 27.9 Å². The third-order valence-corrected chi connectivity index (χ3v) is 10.9. The van der Waals surface area contributed by atoms with Gasteiger partial charge in [0.25, 0.3) is 15.9 Å². The quantitative estimate of drug-likeness (QED) is 0.0741. The molecule has 1 aliphatic heterocycles. The average Bonchev–Trinajstić information content (AvgIpc) is 3.60. The number of unbranched alkanes of at least 4 members (excludes halogenated alkanes) is 15. The fourth-order valence-electron chi connectivity index (χ4n) is 6.28. The fourth-order valence-corrected chi connectivity index (χ4v) is 7.91. The smallest absolute Gasteiger partial charge is 0.338 e. The number of nitrogens with one attached hydrogen (secondary N) is 1. The van der Waals surface area contributed by atoms with E-state index in [1.807, 2.05) is 0 Å². The van der Waals surface area contributed by atoms with Crippen molar-refractivity contribution in [2.75, 3.05) is 11.9 Å². The van der Waals surface area contributed by atoms with Crippen molar-refractivity contribution in [3.05, 3.63) is 72.1 Å². The number of amidine groups is 1. The summed E-state index contributed by atoms with van der Waals surface area (Å²) < 4.78 is 30.4. The van der Waals surface area contributed by atoms with Gasteiger partial charge in [0.1, 0.15) is 4.90 Å². The van der Waals surface area contributed by atoms with Crippen LogP contribution in [0.15, 0.2) is 70.8 Å². The Labute approximate surface area is 296 Å². The van der Waals surface area contributed by atoms with Gasteiger partial charge in [-0.1, -0.05) is 128 Å². The van der Waals surface area contributed by atoms with E-state index in [-0.39, 0.29) is 39.8 Å². The zero-order chi connectivity index (χ0) is 35.8. The number of nitrogens with zero attached hydrogens (tertiary/aromatic N) is 4. The number of sulfonamides is 1. The molecule has 3 aromatic rings. The van der Waals surface area contributed by atoms with E-state index < -0.39 is 27.9 Å². The van der Waals surface area contributed by atoms with E-state index in [1.165, 1.54) is 89.0 Å². The first kappa shape index (κ1) is 38.5. The van der Waals surface area contributed by atoms with Crippen molar-refractivity contribution >= 4 is 45.4 Å². The predicted octanol–water partition coefficient (Wildman–Crippen LogP) is 8.57. The largest absolute Gasteiger partial charge is 0.478 e. The van der Waals surface area contributed by atoms with Crippen molar-refractivity contribution in [2.24, 2.45) is 4.99 Å². The molecule has 12 heteroatoms. The number of amides is 1. The average molecular weight is 706 g/mol. The molecule has 1 atom stereocenters. The number of carbonyl (C=O) groups excluding carboxylic acids is 2. The summed E-state index contributed by atoms with van der Waals surface area (Å²) in [5.41, 5.74) is 0.426. The number of anilines is 1. The minimum Gasteiger partial charge on any atom is -0.478 e. The molecule has 2 heterocycles. The number of aromatic nitrogens is 2. The van der Waals surface area contributed by atoms with Crippen LogP contribution < -0.4 is 5.32 Å². The zero-order valence-corrected chi connectivity index (χ0v) is 30.0. The molecule has 11 nitrogen and oxygen atoms in total. The van der Waals surface area contributed by atoms with Crippen LogP contribution in [0.1, 0.15) is 136 Å². The second-order valence-electron chi connectivity index (χ2n) is 12.9. The lowest BCUT2D eigenvalue weighted by molar-refractivity contribution is -0.117. The molecule has 0 radical (unpaired) electrons. The number of hydrogen-bond acceptors (Lipinski definition) is 7. The maximum atomic E-state index is 14.1. The van der Waals surface area contributed by atoms with Gasteiger partial charge in [0.2, 0.25) is 0 Å². The summed E-state index contributed by atoms with van der Waals surface area (Å²) in [4.78, 5) is 42.1. The van der Waals surface area contributed by atoms with Gasteiger partial charge in [0.15, 0.2) is 18.2 Å². The van der Waals surface area contributed by atoms with Gasteiger partial charge in [0, 0.05) is 18.3 Å². The van der Waals surface area contributed by atoms with Crippen LogP contribution in [-0.2, 0) is 14.8 Å². The summed E-state index contributed by atoms with van der Waals surface area (Å²) in [6, 6.07) is 11.2. The highest BCUT2D eigenvalue weighted by atomic mass is 32.2. The number of aliphatic imine (C=N–C) groups is 1. The molecule has 1 aliphatic rings. The minimum atomic E-state index is -4.13. The fraction of sp³-hybridized carbons (Fsp3) is 0.500. The highest BCUT2D eigenvalue weighted by Gasteiger charge is 2.41. The van der Waals surface area contributed by atoms with Crippen molar-refractivity contribution in [3.63, 3.8) is 0 Å². The Morgan fingerprint density at radius 2 is 1.38 bits per heavy atom. The molecule has 2 N–H and O–H groups in total. The maximum Gasteiger partial charge on any atom is 0.338 e. The number of aromatic carboxylic acids is 1. The molecular weight excluding hydrogens is 655 g/mol. The maximum absolute atomic E-state index is 14.1. The third kappa shape index (κ3) is 10.6. The highest BCUT2D eigenvalue weighted by molar-refractivity contribution is 7.90. The molecule has 0 fully saturated rings. The minimum absolute atomic E-state index is 0.0254. The van der Waals surface area contributed by atoms with Gasteiger partial charge in [-0.3, -0.25) is 18.6 Å². The number of benzene rings is 2. The van der Waals surface area contributed by atoms with E-state index in [0.29, 0.717) is 12.7 Å². The SMILES string of the molecule is CCCCCCCCCCCCCCCCCCN1C(C(C(=O)Nc2ccccc2C=O)n2cc(C(=O)O)cn2)=Nc2ccccc2S1(=O)=O. The number of para-hydroxylation sites is 2. The molecule has 1 amide bonds. The van der Waals surface area contributed by atoms with Crippen LogP contribution in [0.2, 0.25) is 0 Å². The molecule has 270 valence electrons. The van der Waals surface area contributed by atoms with Gasteiger partial charge in [-0.05, 0) is 30.7 Å². The Balaban J connectivity index is 1.41. The summed E-state index contributed by atoms with van der Waals surface area (Å²) in [5.74, 6) is -2.09. The first-order valence-corrected chi connectivity index (χ1v) is 19.5. The summed E-state index contributed by atoms with van der Waals surface area (Å²) in [5, 5.41) is 16.4. The topological polar surface area (TPSA) is 151 Å². The molecule has 1 unspecified atom stereocenters. The van der Waals surface area contributed by atoms with E-state index in [1.54, 1.807) is 36.4 Å². The Hall–Kier alpha value is -4.32. The molecule has 0 bridgehead atoms. The zero-order valence-electron chi connectivity index (χ0n) is 29.1. The van der Waals surface area contributed by atoms with Crippen molar-refractivity contribution in [1.29, 1.82) is 0 Å². The van der Waals surface area contributed by atoms with E-state index in [4.69, 9.17) is 0 Å². The summed E-state index contributed by atoms with van der Waals surface area (Å²) in [6.45, 7) is 2.33. The monoisotopic (exact) mass is 705 g/mol. The second kappa shape index (κ2) is 19.8. The molecule has 50 heavy (non-hydrogen) atoms. The summed E-state index contributed by atoms with van der Waals surface area (Å²) >= 11 is 0. The number of fused-ring (bicyclic) bond motifs is 1. The molecule has 4 rings (SSSR count). The number of aldehydes is 1. The van der Waals surface area contributed by atoms with Gasteiger partial charge in [-0.15, -0.1) is 0 Å². The number of carboxylic acids is 1. The molecule has 0 saturated carbocycles. The van der Waals surface area contributed by atoms with Crippen LogP contribution in [0.4, 0.5) is 11.4 Å². The Morgan fingerprint density at radius 3 is 1.96 bits per heavy atom. The first-order chi connectivity index (χ1) is 24.3. The number of hydrogen-bond donors (Lipinski definition) is 2. The van der Waals surface area contributed by atoms with Gasteiger partial charge in [0.05, 0.1) is 23.1 Å². The Kier molecular flexibility index (Phi) is 15.2. The first-order valence-electron chi connectivity index (χ1n) is 18.1. The molecule has 0 saturated heterocycles. The summed E-state index contributed by atoms with van der Waals surface area (Å²) in [7, 11) is -4.13. The number of carboxylic acid groups (broad SMARTS) is 1. The van der Waals surface area contributed by atoms with Crippen LogP contribution in [0.3, 0.4) is 0 Å². The highest BCUT2D eigenvalue weighted by Crippen LogP contribution is 2.35. The van der Waals surface area contributed by atoms with Gasteiger partial charge < -0.3 is 10.4 Å². The van der Waals surface area contributed by atoms with Gasteiger partial charge in [-0.25, -0.2) is 18.2 Å². The normalized spacial score (nSPS) is 14.1. The van der Waals surface area contributed by atoms with Crippen LogP contribution >= 0.6 is 0 Å². The second-order valence-corrected chi connectivity index (χ2v) is 14.8. The standard InChI is InChI=1S/C38H51N5O6S/c1-2-3-4-5-6-7-8-9-10-11-12-13-14-15-16-21-26-43-36(40-33-24-19-20-25-34(33)50(43,48)49)35(42-28-31(27-39-42)38(46)47)37(45)41-32-23-18-17-22-30(32)29-44/h17-20,22-25,27-29,35H,2-16,21,26H2,1H3,(H,41,45)(H,46,47). The number of rotatable bonds is 23. The van der Waals surface area contributed by atoms with Crippen LogP contribution in [-0.4, -0.2) is 58.2 Å². The Morgan fingerprint density at radius 1 is 0.820 bits per heavy atom. The lowest BCUT2D eigenvalue weighted by atomic mass is 10.0. The lowest BCUT2D eigenvalue weighted by Gasteiger charge is -2.33. The van der Waals surface area contributed by atoms with Crippen LogP contribution in [0.5, 0.6) is 0 Å². The van der Waals surface area contributed by atoms with Crippen molar-refractivity contribution in [3.8, 4) is 0 Å². The predicted molar refractivity (Wildman–Crippen MR) is 196 cm³/mol. The molecule has 0 spiro atoms. The van der Waals surface area contributed by atoms with Crippen LogP contribution in [0.25, 0.3) is 0 Å². The molecule has 0 aliphatic carbocycles. The molecule has 1 aromatic heterocycles. The van der Waals surface area contributed by atoms with E-state index in [2.05, 4.69) is 22.3 Å². The Bertz CT molecular complexity index is 1700.